The normalized spacial score (nSPS) is 0. The molecular formula is Ge5Ti6. The van der Waals surface area contributed by atoms with Gasteiger partial charge in [-0.25, -0.2) is 0 Å². The molecule has 0 bridgehead atoms. The van der Waals surface area contributed by atoms with Crippen LogP contribution in [0.15, 0.2) is 0 Å². The Bertz CT molecular complexity index is 10.9. The van der Waals surface area contributed by atoms with Crippen LogP contribution in [0.2, 0.25) is 0 Å². The first-order valence-electron chi connectivity index (χ1n) is 0. The van der Waals surface area contributed by atoms with Gasteiger partial charge in [-0.05, 0) is 0 Å². The van der Waals surface area contributed by atoms with Gasteiger partial charge in [0, 0.05) is 218 Å². The van der Waals surface area contributed by atoms with Gasteiger partial charge in [0.05, 0.1) is 0 Å². The molecule has 11 heavy (non-hydrogen) atoms. The molecule has 0 amide bonds. The molecule has 20 radical (unpaired) electrons. The summed E-state index contributed by atoms with van der Waals surface area (Å²) < 4.78 is 0. The van der Waals surface area contributed by atoms with Crippen molar-refractivity contribution in [2.75, 3.05) is 0 Å². The van der Waals surface area contributed by atoms with E-state index in [0.29, 0.717) is 0 Å². The van der Waals surface area contributed by atoms with Crippen molar-refractivity contribution < 1.29 is 130 Å². The van der Waals surface area contributed by atoms with Crippen molar-refractivity contribution in [3.63, 3.8) is 0 Å². The minimum Gasteiger partial charge on any atom is 0 e. The second-order valence-corrected chi connectivity index (χ2v) is 0. The molecule has 0 aliphatic heterocycles. The molecule has 0 nitrogen and oxygen atoms in total. The summed E-state index contributed by atoms with van der Waals surface area (Å²) in [7, 11) is 0. The van der Waals surface area contributed by atoms with E-state index < -0.39 is 0 Å². The van der Waals surface area contributed by atoms with Gasteiger partial charge >= 0.3 is 0 Å². The number of rotatable bonds is 0. The first-order valence-corrected chi connectivity index (χ1v) is 0. The van der Waals surface area contributed by atoms with Gasteiger partial charge in [-0.15, -0.1) is 0 Å². The van der Waals surface area contributed by atoms with Gasteiger partial charge in [0.15, 0.2) is 0 Å². The summed E-state index contributed by atoms with van der Waals surface area (Å²) >= 11 is 0. The molecule has 0 aliphatic carbocycles. The molecule has 44 valence electrons. The maximum absolute atomic E-state index is 0. The summed E-state index contributed by atoms with van der Waals surface area (Å²) in [6.07, 6.45) is 0. The van der Waals surface area contributed by atoms with Gasteiger partial charge in [-0.2, -0.15) is 0 Å². The van der Waals surface area contributed by atoms with E-state index in [4.69, 9.17) is 0 Å². The molecule has 0 aromatic carbocycles. The first-order chi connectivity index (χ1) is 0. The summed E-state index contributed by atoms with van der Waals surface area (Å²) in [5, 5.41) is 0. The monoisotopic (exact) mass is 657 g/mol. The van der Waals surface area contributed by atoms with E-state index in [1.165, 1.54) is 0 Å². The molecule has 0 atom stereocenters. The quantitative estimate of drug-likeness (QED) is 0.269. The smallest absolute Gasteiger partial charge is 0 e. The van der Waals surface area contributed by atoms with Crippen LogP contribution in [0.4, 0.5) is 0 Å². The third-order valence-corrected chi connectivity index (χ3v) is 0. The Hall–Kier alpha value is 7.00. The minimum atomic E-state index is 0. The van der Waals surface area contributed by atoms with Crippen molar-refractivity contribution >= 4 is 88.0 Å². The maximum atomic E-state index is 0. The van der Waals surface area contributed by atoms with Gasteiger partial charge in [-0.1, -0.05) is 0 Å². The Morgan fingerprint density at radius 3 is 0.182 bits per heavy atom. The predicted molar refractivity (Wildman–Crippen MR) is 28.8 cm³/mol. The zero-order valence-electron chi connectivity index (χ0n) is 5.50. The molecule has 0 spiro atoms. The number of hydrogen-bond acceptors (Lipinski definition) is 0. The van der Waals surface area contributed by atoms with E-state index in [1.807, 2.05) is 0 Å². The van der Waals surface area contributed by atoms with E-state index in [9.17, 15) is 0 Å². The van der Waals surface area contributed by atoms with E-state index in [0.717, 1.165) is 0 Å². The average Bonchev–Trinajstić information content (AvgIpc) is 0. The van der Waals surface area contributed by atoms with E-state index in [-0.39, 0.29) is 218 Å². The van der Waals surface area contributed by atoms with Crippen LogP contribution in [0.3, 0.4) is 0 Å². The van der Waals surface area contributed by atoms with Crippen LogP contribution in [0.5, 0.6) is 0 Å². The van der Waals surface area contributed by atoms with Crippen LogP contribution in [0, 0.1) is 0 Å². The Balaban J connectivity index is 0. The molecule has 0 fully saturated rings. The molecule has 0 unspecified atom stereocenters. The van der Waals surface area contributed by atoms with Crippen molar-refractivity contribution in [2.45, 2.75) is 0 Å². The largest absolute Gasteiger partial charge is 0 e. The SMILES string of the molecule is [Ge].[Ge].[Ge].[Ge].[Ge].[Ti].[Ti].[Ti].[Ti].[Ti].[Ti]. The zero-order chi connectivity index (χ0) is 0. The Morgan fingerprint density at radius 1 is 0.182 bits per heavy atom. The molecule has 11 heteroatoms. The van der Waals surface area contributed by atoms with Gasteiger partial charge in [0.1, 0.15) is 0 Å². The molecule has 0 saturated carbocycles. The van der Waals surface area contributed by atoms with Crippen molar-refractivity contribution in [1.29, 1.82) is 0 Å². The molecule has 0 aliphatic rings. The van der Waals surface area contributed by atoms with Gasteiger partial charge < -0.3 is 0 Å². The summed E-state index contributed by atoms with van der Waals surface area (Å²) in [6.45, 7) is 0. The summed E-state index contributed by atoms with van der Waals surface area (Å²) in [5.74, 6) is 0. The van der Waals surface area contributed by atoms with E-state index >= 15 is 0 Å². The third kappa shape index (κ3) is 78.1. The fraction of sp³-hybridized carbons (Fsp3) is 0. The molecule has 0 aromatic heterocycles. The van der Waals surface area contributed by atoms with Crippen LogP contribution >= 0.6 is 0 Å². The standard InChI is InChI=1S/5Ge.6Ti. The Morgan fingerprint density at radius 2 is 0.182 bits per heavy atom. The van der Waals surface area contributed by atoms with Gasteiger partial charge in [0.25, 0.3) is 0 Å². The first kappa shape index (κ1) is 106. The minimum absolute atomic E-state index is 0. The molecule has 0 aromatic rings. The van der Waals surface area contributed by atoms with Gasteiger partial charge in [0.2, 0.25) is 0 Å². The van der Waals surface area contributed by atoms with Crippen LogP contribution in [-0.4, -0.2) is 88.0 Å². The predicted octanol–water partition coefficient (Wildman–Crippen LogP) is -1.92. The van der Waals surface area contributed by atoms with Crippen LogP contribution in [-0.2, 0) is 130 Å². The molecule has 0 N–H and O–H groups in total. The molecule has 0 rings (SSSR count). The average molecular weight is 650 g/mol. The second kappa shape index (κ2) is 88.8. The molecular weight excluding hydrogens is 650 g/mol. The zero-order valence-corrected chi connectivity index (χ0v) is 25.4. The number of hydrogen-bond donors (Lipinski definition) is 0. The Labute approximate surface area is 213 Å². The maximum Gasteiger partial charge on any atom is 0 e. The van der Waals surface area contributed by atoms with E-state index in [2.05, 4.69) is 0 Å². The van der Waals surface area contributed by atoms with Crippen molar-refractivity contribution in [2.24, 2.45) is 0 Å². The topological polar surface area (TPSA) is 0 Å². The van der Waals surface area contributed by atoms with Crippen molar-refractivity contribution in [3.8, 4) is 0 Å². The fourth-order valence-corrected chi connectivity index (χ4v) is 0. The van der Waals surface area contributed by atoms with Crippen molar-refractivity contribution in [1.82, 2.24) is 0 Å². The van der Waals surface area contributed by atoms with E-state index in [1.54, 1.807) is 0 Å². The van der Waals surface area contributed by atoms with Gasteiger partial charge in [-0.3, -0.25) is 0 Å². The summed E-state index contributed by atoms with van der Waals surface area (Å²) in [6, 6.07) is 0. The van der Waals surface area contributed by atoms with Crippen LogP contribution in [0.1, 0.15) is 0 Å². The van der Waals surface area contributed by atoms with Crippen LogP contribution in [0.25, 0.3) is 0 Å². The Kier molecular flexibility index (Phi) is 857. The fourth-order valence-electron chi connectivity index (χ4n) is 0. The van der Waals surface area contributed by atoms with Crippen LogP contribution < -0.4 is 0 Å². The summed E-state index contributed by atoms with van der Waals surface area (Å²) in [5.41, 5.74) is 0. The van der Waals surface area contributed by atoms with Crippen molar-refractivity contribution in [3.05, 3.63) is 0 Å². The third-order valence-electron chi connectivity index (χ3n) is 0. The molecule has 0 heterocycles. The second-order valence-electron chi connectivity index (χ2n) is 0. The summed E-state index contributed by atoms with van der Waals surface area (Å²) in [4.78, 5) is 0. The molecule has 0 saturated heterocycles.